The number of likely N-dealkylation sites (tertiary alicyclic amines) is 1. The van der Waals surface area contributed by atoms with Crippen LogP contribution in [-0.2, 0) is 6.54 Å². The van der Waals surface area contributed by atoms with E-state index in [9.17, 15) is 4.79 Å². The summed E-state index contributed by atoms with van der Waals surface area (Å²) in [6.45, 7) is 4.45. The molecule has 0 radical (unpaired) electrons. The molecule has 2 fully saturated rings. The van der Waals surface area contributed by atoms with Gasteiger partial charge in [0.1, 0.15) is 12.7 Å². The van der Waals surface area contributed by atoms with Gasteiger partial charge in [-0.05, 0) is 68.3 Å². The molecule has 8 nitrogen and oxygen atoms in total. The van der Waals surface area contributed by atoms with Gasteiger partial charge in [0.05, 0.1) is 0 Å². The Balaban J connectivity index is 1.32. The van der Waals surface area contributed by atoms with Crippen LogP contribution in [0.2, 0.25) is 0 Å². The lowest BCUT2D eigenvalue weighted by Gasteiger charge is -2.38. The van der Waals surface area contributed by atoms with Crippen LogP contribution in [0.4, 0.5) is 4.79 Å². The molecule has 2 aliphatic heterocycles. The fourth-order valence-electron chi connectivity index (χ4n) is 4.21. The summed E-state index contributed by atoms with van der Waals surface area (Å²) in [5.41, 5.74) is 0.996. The predicted octanol–water partition coefficient (Wildman–Crippen LogP) is 1.58. The average molecular weight is 369 g/mol. The molecule has 4 heterocycles. The minimum absolute atomic E-state index is 0.0350. The van der Waals surface area contributed by atoms with E-state index in [0.717, 1.165) is 44.1 Å². The maximum absolute atomic E-state index is 12.7. The number of nitrogens with one attached hydrogen (secondary N) is 2. The van der Waals surface area contributed by atoms with E-state index in [1.54, 1.807) is 17.2 Å². The zero-order valence-electron chi connectivity index (χ0n) is 15.5. The lowest BCUT2D eigenvalue weighted by Crippen LogP contribution is -2.47. The van der Waals surface area contributed by atoms with Gasteiger partial charge >= 0.3 is 6.03 Å². The summed E-state index contributed by atoms with van der Waals surface area (Å²) in [5.74, 6) is 2.10. The van der Waals surface area contributed by atoms with Crippen molar-refractivity contribution in [3.8, 4) is 5.82 Å². The number of pyridine rings is 1. The van der Waals surface area contributed by atoms with Gasteiger partial charge in [0.15, 0.2) is 5.82 Å². The van der Waals surface area contributed by atoms with Crippen LogP contribution in [0.3, 0.4) is 0 Å². The molecule has 0 aliphatic carbocycles. The minimum atomic E-state index is 0.0350. The van der Waals surface area contributed by atoms with Gasteiger partial charge in [-0.2, -0.15) is 5.10 Å². The maximum Gasteiger partial charge on any atom is 0.317 e. The molecule has 2 N–H and O–H groups in total. The molecule has 0 spiro atoms. The second-order valence-electron chi connectivity index (χ2n) is 7.46. The van der Waals surface area contributed by atoms with Crippen LogP contribution in [0.25, 0.3) is 5.82 Å². The molecule has 0 bridgehead atoms. The highest BCUT2D eigenvalue weighted by atomic mass is 16.2. The van der Waals surface area contributed by atoms with Crippen LogP contribution in [0.1, 0.15) is 31.2 Å². The predicted molar refractivity (Wildman–Crippen MR) is 101 cm³/mol. The SMILES string of the molecule is O=C(NCc1ccnc(-n2cncn2)c1)N1CCCC(C2CCNCC2)C1. The van der Waals surface area contributed by atoms with Crippen LogP contribution < -0.4 is 10.6 Å². The summed E-state index contributed by atoms with van der Waals surface area (Å²) >= 11 is 0. The highest BCUT2D eigenvalue weighted by Crippen LogP contribution is 2.29. The molecule has 1 atom stereocenters. The van der Waals surface area contributed by atoms with E-state index in [-0.39, 0.29) is 6.03 Å². The van der Waals surface area contributed by atoms with Gasteiger partial charge in [0, 0.05) is 25.8 Å². The van der Waals surface area contributed by atoms with Crippen LogP contribution in [0, 0.1) is 11.8 Å². The van der Waals surface area contributed by atoms with Crippen LogP contribution in [-0.4, -0.2) is 56.9 Å². The number of amides is 2. The average Bonchev–Trinajstić information content (AvgIpc) is 3.28. The third-order valence-electron chi connectivity index (χ3n) is 5.70. The molecule has 1 unspecified atom stereocenters. The monoisotopic (exact) mass is 369 g/mol. The van der Waals surface area contributed by atoms with Gasteiger partial charge < -0.3 is 15.5 Å². The molecular weight excluding hydrogens is 342 g/mol. The topological polar surface area (TPSA) is 88.0 Å². The second kappa shape index (κ2) is 8.47. The highest BCUT2D eigenvalue weighted by Gasteiger charge is 2.30. The highest BCUT2D eigenvalue weighted by molar-refractivity contribution is 5.74. The molecule has 2 amide bonds. The number of hydrogen-bond donors (Lipinski definition) is 2. The van der Waals surface area contributed by atoms with Gasteiger partial charge in [0.2, 0.25) is 0 Å². The van der Waals surface area contributed by atoms with Gasteiger partial charge in [-0.3, -0.25) is 0 Å². The standard InChI is InChI=1S/C19H27N7O/c27-19(25-9-1-2-17(12-25)16-4-6-20-7-5-16)23-11-15-3-8-22-18(10-15)26-14-21-13-24-26/h3,8,10,13-14,16-17,20H,1-2,4-7,9,11-12H2,(H,23,27). The molecule has 4 rings (SSSR count). The van der Waals surface area contributed by atoms with Crippen molar-refractivity contribution < 1.29 is 4.79 Å². The second-order valence-corrected chi connectivity index (χ2v) is 7.46. The molecule has 8 heteroatoms. The lowest BCUT2D eigenvalue weighted by atomic mass is 9.80. The van der Waals surface area contributed by atoms with E-state index < -0.39 is 0 Å². The first kappa shape index (κ1) is 17.9. The molecule has 144 valence electrons. The third-order valence-corrected chi connectivity index (χ3v) is 5.70. The summed E-state index contributed by atoms with van der Waals surface area (Å²) in [6, 6.07) is 3.87. The Morgan fingerprint density at radius 1 is 1.26 bits per heavy atom. The van der Waals surface area contributed by atoms with Gasteiger partial charge in [0.25, 0.3) is 0 Å². The Kier molecular flexibility index (Phi) is 5.62. The number of carbonyl (C=O) groups is 1. The summed E-state index contributed by atoms with van der Waals surface area (Å²) in [7, 11) is 0. The van der Waals surface area contributed by atoms with Crippen LogP contribution >= 0.6 is 0 Å². The van der Waals surface area contributed by atoms with Gasteiger partial charge in [-0.15, -0.1) is 0 Å². The molecule has 0 aromatic carbocycles. The van der Waals surface area contributed by atoms with Crippen molar-refractivity contribution in [2.45, 2.75) is 32.2 Å². The van der Waals surface area contributed by atoms with E-state index in [1.807, 2.05) is 17.0 Å². The first-order valence-corrected chi connectivity index (χ1v) is 9.83. The van der Waals surface area contributed by atoms with E-state index >= 15 is 0 Å². The van der Waals surface area contributed by atoms with Crippen LogP contribution in [0.5, 0.6) is 0 Å². The first-order valence-electron chi connectivity index (χ1n) is 9.83. The number of piperidine rings is 2. The number of hydrogen-bond acceptors (Lipinski definition) is 5. The number of rotatable bonds is 4. The summed E-state index contributed by atoms with van der Waals surface area (Å²) in [4.78, 5) is 22.9. The van der Waals surface area contributed by atoms with Crippen LogP contribution in [0.15, 0.2) is 31.0 Å². The number of carbonyl (C=O) groups excluding carboxylic acids is 1. The Morgan fingerprint density at radius 3 is 2.96 bits per heavy atom. The van der Waals surface area contributed by atoms with Crippen molar-refractivity contribution in [2.75, 3.05) is 26.2 Å². The van der Waals surface area contributed by atoms with Crippen molar-refractivity contribution in [1.29, 1.82) is 0 Å². The normalized spacial score (nSPS) is 21.2. The van der Waals surface area contributed by atoms with E-state index in [1.165, 1.54) is 25.6 Å². The summed E-state index contributed by atoms with van der Waals surface area (Å²) in [6.07, 6.45) is 9.65. The Hall–Kier alpha value is -2.48. The Bertz CT molecular complexity index is 742. The molecule has 2 saturated heterocycles. The smallest absolute Gasteiger partial charge is 0.317 e. The number of aromatic nitrogens is 4. The van der Waals surface area contributed by atoms with Crippen molar-refractivity contribution in [2.24, 2.45) is 11.8 Å². The molecule has 27 heavy (non-hydrogen) atoms. The van der Waals surface area contributed by atoms with E-state index in [2.05, 4.69) is 25.7 Å². The fraction of sp³-hybridized carbons (Fsp3) is 0.579. The van der Waals surface area contributed by atoms with E-state index in [0.29, 0.717) is 18.3 Å². The maximum atomic E-state index is 12.7. The molecular formula is C19H27N7O. The largest absolute Gasteiger partial charge is 0.334 e. The zero-order chi connectivity index (χ0) is 18.5. The molecule has 0 saturated carbocycles. The zero-order valence-corrected chi connectivity index (χ0v) is 15.5. The summed E-state index contributed by atoms with van der Waals surface area (Å²) < 4.78 is 1.61. The lowest BCUT2D eigenvalue weighted by molar-refractivity contribution is 0.128. The number of urea groups is 1. The molecule has 2 aliphatic rings. The van der Waals surface area contributed by atoms with Crippen molar-refractivity contribution in [3.63, 3.8) is 0 Å². The minimum Gasteiger partial charge on any atom is -0.334 e. The van der Waals surface area contributed by atoms with Crippen molar-refractivity contribution in [3.05, 3.63) is 36.5 Å². The molecule has 2 aromatic heterocycles. The fourth-order valence-corrected chi connectivity index (χ4v) is 4.21. The third kappa shape index (κ3) is 4.44. The van der Waals surface area contributed by atoms with E-state index in [4.69, 9.17) is 0 Å². The molecule has 2 aromatic rings. The first-order chi connectivity index (χ1) is 13.3. The Labute approximate surface area is 159 Å². The summed E-state index contributed by atoms with van der Waals surface area (Å²) in [5, 5.41) is 10.6. The number of nitrogens with zero attached hydrogens (tertiary/aromatic N) is 5. The Morgan fingerprint density at radius 2 is 2.15 bits per heavy atom. The van der Waals surface area contributed by atoms with Crippen molar-refractivity contribution in [1.82, 2.24) is 35.3 Å². The van der Waals surface area contributed by atoms with Gasteiger partial charge in [-0.1, -0.05) is 0 Å². The van der Waals surface area contributed by atoms with Gasteiger partial charge in [-0.25, -0.2) is 19.4 Å². The van der Waals surface area contributed by atoms with Crippen molar-refractivity contribution >= 4 is 6.03 Å². The quantitative estimate of drug-likeness (QED) is 0.854.